The number of anilines is 2. The highest BCUT2D eigenvalue weighted by Crippen LogP contribution is 2.36. The molecule has 1 aliphatic carbocycles. The van der Waals surface area contributed by atoms with Gasteiger partial charge in [0.25, 0.3) is 0 Å². The second-order valence-corrected chi connectivity index (χ2v) is 6.98. The number of alkyl carbamates (subject to hydrolysis) is 1. The number of ether oxygens (including phenoxy) is 2. The fourth-order valence-electron chi connectivity index (χ4n) is 3.12. The molecule has 1 fully saturated rings. The van der Waals surface area contributed by atoms with Crippen molar-refractivity contribution in [3.63, 3.8) is 0 Å². The number of nitrogens with one attached hydrogen (secondary N) is 3. The second kappa shape index (κ2) is 9.36. The van der Waals surface area contributed by atoms with Crippen LogP contribution in [0.2, 0.25) is 0 Å². The van der Waals surface area contributed by atoms with Gasteiger partial charge >= 0.3 is 6.09 Å². The highest BCUT2D eigenvalue weighted by atomic mass is 16.6. The maximum Gasteiger partial charge on any atom is 0.407 e. The summed E-state index contributed by atoms with van der Waals surface area (Å²) in [7, 11) is 0. The third kappa shape index (κ3) is 5.56. The molecule has 4 N–H and O–H groups in total. The zero-order valence-corrected chi connectivity index (χ0v) is 16.0. The molecule has 2 atom stereocenters. The third-order valence-electron chi connectivity index (χ3n) is 4.31. The van der Waals surface area contributed by atoms with E-state index in [9.17, 15) is 4.79 Å². The first kappa shape index (κ1) is 19.9. The number of aromatic amines is 1. The van der Waals surface area contributed by atoms with E-state index in [0.717, 1.165) is 25.0 Å². The number of amides is 1. The van der Waals surface area contributed by atoms with E-state index in [0.29, 0.717) is 17.5 Å². The van der Waals surface area contributed by atoms with Crippen molar-refractivity contribution in [3.05, 3.63) is 24.2 Å². The topological polar surface area (TPSA) is 134 Å². The molecule has 0 spiro atoms. The molecule has 1 amide bonds. The smallest absolute Gasteiger partial charge is 0.407 e. The van der Waals surface area contributed by atoms with Crippen LogP contribution < -0.4 is 15.4 Å². The number of rotatable bonds is 8. The molecule has 10 heteroatoms. The Kier molecular flexibility index (Phi) is 6.64. The van der Waals surface area contributed by atoms with Gasteiger partial charge in [-0.05, 0) is 33.1 Å². The molecule has 3 rings (SSSR count). The average molecular weight is 390 g/mol. The Morgan fingerprint density at radius 3 is 3.00 bits per heavy atom. The van der Waals surface area contributed by atoms with Crippen molar-refractivity contribution in [2.24, 2.45) is 0 Å². The quantitative estimate of drug-likeness (QED) is 0.538. The highest BCUT2D eigenvalue weighted by Gasteiger charge is 2.30. The Labute approximate surface area is 163 Å². The van der Waals surface area contributed by atoms with Crippen LogP contribution in [-0.2, 0) is 4.74 Å². The minimum absolute atomic E-state index is 0.0570. The van der Waals surface area contributed by atoms with Gasteiger partial charge in [0.2, 0.25) is 5.88 Å². The third-order valence-corrected chi connectivity index (χ3v) is 4.31. The van der Waals surface area contributed by atoms with Crippen molar-refractivity contribution in [2.45, 2.75) is 51.2 Å². The molecular weight excluding hydrogens is 364 g/mol. The number of carbonyl (C=O) groups excluding carboxylic acids is 1. The Balaban J connectivity index is 1.54. The first-order valence-electron chi connectivity index (χ1n) is 9.38. The van der Waals surface area contributed by atoms with Gasteiger partial charge in [0.15, 0.2) is 11.6 Å². The van der Waals surface area contributed by atoms with Crippen LogP contribution in [-0.4, -0.2) is 56.7 Å². The number of nitrogens with zero attached hydrogens (tertiary/aromatic N) is 3. The summed E-state index contributed by atoms with van der Waals surface area (Å²) >= 11 is 0. The summed E-state index contributed by atoms with van der Waals surface area (Å²) in [5.74, 6) is 1.69. The van der Waals surface area contributed by atoms with Gasteiger partial charge in [-0.1, -0.05) is 0 Å². The Morgan fingerprint density at radius 2 is 2.21 bits per heavy atom. The van der Waals surface area contributed by atoms with E-state index in [1.165, 1.54) is 6.20 Å². The van der Waals surface area contributed by atoms with E-state index in [1.807, 2.05) is 19.9 Å². The Hall–Kier alpha value is -2.88. The van der Waals surface area contributed by atoms with Crippen molar-refractivity contribution in [1.82, 2.24) is 25.5 Å². The minimum Gasteiger partial charge on any atom is -0.474 e. The second-order valence-electron chi connectivity index (χ2n) is 6.98. The number of aliphatic hydroxyl groups is 1. The van der Waals surface area contributed by atoms with Crippen molar-refractivity contribution < 1.29 is 19.4 Å². The highest BCUT2D eigenvalue weighted by molar-refractivity contribution is 5.67. The van der Waals surface area contributed by atoms with Crippen LogP contribution in [0.3, 0.4) is 0 Å². The number of hydrogen-bond acceptors (Lipinski definition) is 8. The largest absolute Gasteiger partial charge is 0.474 e. The molecule has 152 valence electrons. The molecule has 1 saturated carbocycles. The summed E-state index contributed by atoms with van der Waals surface area (Å²) in [6.07, 6.45) is 5.10. The van der Waals surface area contributed by atoms with E-state index < -0.39 is 0 Å². The number of carbonyl (C=O) groups is 1. The van der Waals surface area contributed by atoms with Crippen LogP contribution >= 0.6 is 0 Å². The van der Waals surface area contributed by atoms with Crippen molar-refractivity contribution in [2.75, 3.05) is 18.5 Å². The Morgan fingerprint density at radius 1 is 1.36 bits per heavy atom. The first-order valence-corrected chi connectivity index (χ1v) is 9.38. The van der Waals surface area contributed by atoms with Crippen LogP contribution in [0.4, 0.5) is 16.4 Å². The number of H-pyrrole nitrogens is 1. The Bertz CT molecular complexity index is 781. The van der Waals surface area contributed by atoms with Gasteiger partial charge in [-0.15, -0.1) is 0 Å². The van der Waals surface area contributed by atoms with Crippen LogP contribution in [0.5, 0.6) is 5.88 Å². The normalized spacial score (nSPS) is 18.9. The summed E-state index contributed by atoms with van der Waals surface area (Å²) in [5.41, 5.74) is 0.985. The molecule has 0 radical (unpaired) electrons. The molecule has 10 nitrogen and oxygen atoms in total. The lowest BCUT2D eigenvalue weighted by atomic mass is 10.0. The number of hydrogen-bond donors (Lipinski definition) is 4. The molecular formula is C18H26N6O4. The number of aromatic nitrogens is 4. The molecule has 2 aromatic heterocycles. The lowest BCUT2D eigenvalue weighted by Gasteiger charge is -2.14. The monoisotopic (exact) mass is 390 g/mol. The average Bonchev–Trinajstić information content (AvgIpc) is 3.29. The molecule has 0 saturated heterocycles. The van der Waals surface area contributed by atoms with E-state index in [-0.39, 0.29) is 37.4 Å². The lowest BCUT2D eigenvalue weighted by Crippen LogP contribution is -2.33. The minimum atomic E-state index is -0.366. The van der Waals surface area contributed by atoms with E-state index >= 15 is 0 Å². The van der Waals surface area contributed by atoms with Gasteiger partial charge in [-0.3, -0.25) is 10.1 Å². The lowest BCUT2D eigenvalue weighted by molar-refractivity contribution is 0.0981. The van der Waals surface area contributed by atoms with Gasteiger partial charge in [-0.25, -0.2) is 4.79 Å². The van der Waals surface area contributed by atoms with Gasteiger partial charge in [0.05, 0.1) is 19.0 Å². The van der Waals surface area contributed by atoms with Gasteiger partial charge in [-0.2, -0.15) is 10.1 Å². The van der Waals surface area contributed by atoms with Crippen LogP contribution in [0, 0.1) is 0 Å². The maximum absolute atomic E-state index is 11.8. The van der Waals surface area contributed by atoms with E-state index in [2.05, 4.69) is 30.8 Å². The van der Waals surface area contributed by atoms with Gasteiger partial charge in [0.1, 0.15) is 12.7 Å². The zero-order chi connectivity index (χ0) is 19.9. The SMILES string of the molecule is CC(C)NC(=O)OC1CCC(c2cc(Nc3cncc(OCCO)n3)n[nH]2)C1. The summed E-state index contributed by atoms with van der Waals surface area (Å²) < 4.78 is 10.7. The predicted molar refractivity (Wildman–Crippen MR) is 102 cm³/mol. The van der Waals surface area contributed by atoms with Gasteiger partial charge in [0, 0.05) is 23.7 Å². The fraction of sp³-hybridized carbons (Fsp3) is 0.556. The summed E-state index contributed by atoms with van der Waals surface area (Å²) in [6, 6.07) is 1.98. The molecule has 28 heavy (non-hydrogen) atoms. The van der Waals surface area contributed by atoms with Crippen LogP contribution in [0.15, 0.2) is 18.5 Å². The van der Waals surface area contributed by atoms with Crippen molar-refractivity contribution >= 4 is 17.7 Å². The molecule has 0 aromatic carbocycles. The van der Waals surface area contributed by atoms with Crippen molar-refractivity contribution in [1.29, 1.82) is 0 Å². The zero-order valence-electron chi connectivity index (χ0n) is 16.0. The molecule has 0 aliphatic heterocycles. The maximum atomic E-state index is 11.8. The number of aliphatic hydroxyl groups excluding tert-OH is 1. The first-order chi connectivity index (χ1) is 13.5. The molecule has 1 aliphatic rings. The van der Waals surface area contributed by atoms with E-state index in [1.54, 1.807) is 6.20 Å². The summed E-state index contributed by atoms with van der Waals surface area (Å²) in [5, 5.41) is 21.9. The van der Waals surface area contributed by atoms with Crippen molar-refractivity contribution in [3.8, 4) is 5.88 Å². The van der Waals surface area contributed by atoms with E-state index in [4.69, 9.17) is 14.6 Å². The predicted octanol–water partition coefficient (Wildman–Crippen LogP) is 2.09. The standard InChI is InChI=1S/C18H26N6O4/c1-11(2)20-18(26)28-13-4-3-12(7-13)14-8-15(24-23-14)21-16-9-19-10-17(22-16)27-6-5-25/h8-13,25H,3-7H2,1-2H3,(H,20,26)(H2,21,22,23,24). The van der Waals surface area contributed by atoms with Crippen LogP contribution in [0.25, 0.3) is 0 Å². The summed E-state index contributed by atoms with van der Waals surface area (Å²) in [4.78, 5) is 20.1. The molecule has 2 unspecified atom stereocenters. The molecule has 2 aromatic rings. The fourth-order valence-corrected chi connectivity index (χ4v) is 3.12. The molecule has 0 bridgehead atoms. The molecule has 2 heterocycles. The van der Waals surface area contributed by atoms with Crippen LogP contribution in [0.1, 0.15) is 44.7 Å². The van der Waals surface area contributed by atoms with Gasteiger partial charge < -0.3 is 25.2 Å². The summed E-state index contributed by atoms with van der Waals surface area (Å²) in [6.45, 7) is 3.87.